The summed E-state index contributed by atoms with van der Waals surface area (Å²) >= 11 is 0. The summed E-state index contributed by atoms with van der Waals surface area (Å²) in [7, 11) is 0. The molecule has 12 rings (SSSR count). The van der Waals surface area contributed by atoms with Crippen LogP contribution >= 0.6 is 0 Å². The predicted molar refractivity (Wildman–Crippen MR) is 277 cm³/mol. The second-order valence-corrected chi connectivity index (χ2v) is 18.6. The van der Waals surface area contributed by atoms with Crippen LogP contribution < -0.4 is 24.4 Å². The van der Waals surface area contributed by atoms with Gasteiger partial charge in [-0.3, -0.25) is 4.57 Å². The monoisotopic (exact) mass is 1070 g/mol. The van der Waals surface area contributed by atoms with Crippen molar-refractivity contribution < 1.29 is 30.4 Å². The van der Waals surface area contributed by atoms with Crippen molar-refractivity contribution in [1.82, 2.24) is 14.1 Å². The summed E-state index contributed by atoms with van der Waals surface area (Å²) in [5.74, 6) is 1.97. The van der Waals surface area contributed by atoms with E-state index >= 15 is 0 Å². The summed E-state index contributed by atoms with van der Waals surface area (Å²) in [6.45, 7) is 10.9. The number of pyridine rings is 1. The van der Waals surface area contributed by atoms with Gasteiger partial charge >= 0.3 is 6.98 Å². The van der Waals surface area contributed by atoms with E-state index in [-0.39, 0.29) is 33.5 Å². The molecule has 0 atom stereocenters. The first kappa shape index (κ1) is 43.9. The normalized spacial score (nSPS) is 12.5. The van der Waals surface area contributed by atoms with E-state index in [2.05, 4.69) is 246 Å². The average molecular weight is 1070 g/mol. The van der Waals surface area contributed by atoms with Gasteiger partial charge in [0.05, 0.1) is 27.8 Å². The fourth-order valence-electron chi connectivity index (χ4n) is 10.1. The van der Waals surface area contributed by atoms with Gasteiger partial charge in [-0.25, -0.2) is 4.98 Å². The van der Waals surface area contributed by atoms with Gasteiger partial charge < -0.3 is 23.5 Å². The van der Waals surface area contributed by atoms with E-state index in [4.69, 9.17) is 9.72 Å². The van der Waals surface area contributed by atoms with Gasteiger partial charge in [-0.2, -0.15) is 12.1 Å². The van der Waals surface area contributed by atoms with E-state index in [1.165, 1.54) is 32.9 Å². The smallest absolute Gasteiger partial charge is 0.409 e. The fourth-order valence-corrected chi connectivity index (χ4v) is 10.1. The third-order valence-electron chi connectivity index (χ3n) is 13.3. The van der Waals surface area contributed by atoms with Crippen molar-refractivity contribution in [3.8, 4) is 28.6 Å². The van der Waals surface area contributed by atoms with E-state index in [0.717, 1.165) is 62.0 Å². The quantitative estimate of drug-likeness (QED) is 0.0864. The number of hydrogen-bond donors (Lipinski definition) is 0. The molecule has 0 bridgehead atoms. The molecule has 3 aromatic heterocycles. The molecule has 338 valence electrons. The maximum Gasteiger partial charge on any atom is 0.409 e. The number of hydrogen-bond acceptors (Lipinski definition) is 4. The summed E-state index contributed by atoms with van der Waals surface area (Å²) < 4.78 is 13.4. The Balaban J connectivity index is 0.00000520. The van der Waals surface area contributed by atoms with E-state index in [1.54, 1.807) is 0 Å². The van der Waals surface area contributed by atoms with Gasteiger partial charge in [0.1, 0.15) is 5.82 Å². The van der Waals surface area contributed by atoms with Crippen molar-refractivity contribution in [3.05, 3.63) is 229 Å². The zero-order valence-corrected chi connectivity index (χ0v) is 41.2. The van der Waals surface area contributed by atoms with E-state index in [0.29, 0.717) is 11.5 Å². The molecule has 9 heteroatoms. The van der Waals surface area contributed by atoms with Gasteiger partial charge in [0.25, 0.3) is 6.33 Å². The Bertz CT molecular complexity index is 3690. The van der Waals surface area contributed by atoms with Crippen molar-refractivity contribution in [3.63, 3.8) is 0 Å². The molecule has 0 N–H and O–H groups in total. The van der Waals surface area contributed by atoms with Crippen molar-refractivity contribution in [1.29, 1.82) is 0 Å². The van der Waals surface area contributed by atoms with Crippen LogP contribution in [0.15, 0.2) is 194 Å². The summed E-state index contributed by atoms with van der Waals surface area (Å²) in [5.41, 5.74) is 14.9. The third-order valence-corrected chi connectivity index (χ3v) is 13.3. The minimum absolute atomic E-state index is 0. The van der Waals surface area contributed by atoms with Crippen LogP contribution in [0.2, 0.25) is 0 Å². The molecular formula is C60H47BN6OPt-2. The molecular weight excluding hydrogens is 1030 g/mol. The van der Waals surface area contributed by atoms with Gasteiger partial charge in [-0.15, -0.1) is 30.3 Å². The molecule has 8 aromatic carbocycles. The zero-order chi connectivity index (χ0) is 46.1. The Morgan fingerprint density at radius 2 is 1.25 bits per heavy atom. The van der Waals surface area contributed by atoms with Crippen molar-refractivity contribution in [2.75, 3.05) is 9.62 Å². The minimum Gasteiger partial charge on any atom is -0.510 e. The van der Waals surface area contributed by atoms with E-state index in [9.17, 15) is 0 Å². The predicted octanol–water partition coefficient (Wildman–Crippen LogP) is 13.2. The van der Waals surface area contributed by atoms with Crippen molar-refractivity contribution in [2.24, 2.45) is 0 Å². The number of benzene rings is 8. The number of imidazole rings is 1. The summed E-state index contributed by atoms with van der Waals surface area (Å²) in [6.07, 6.45) is 5.69. The maximum atomic E-state index is 6.80. The Hall–Kier alpha value is -7.67. The van der Waals surface area contributed by atoms with Crippen LogP contribution in [0.4, 0.5) is 22.9 Å². The van der Waals surface area contributed by atoms with Crippen LogP contribution in [-0.4, -0.2) is 21.1 Å². The van der Waals surface area contributed by atoms with Crippen LogP contribution in [0.1, 0.15) is 37.5 Å². The molecule has 7 nitrogen and oxygen atoms in total. The van der Waals surface area contributed by atoms with Crippen LogP contribution in [-0.2, 0) is 26.5 Å². The number of anilines is 4. The molecule has 1 aliphatic heterocycles. The molecule has 69 heavy (non-hydrogen) atoms. The molecule has 1 aliphatic rings. The Labute approximate surface area is 417 Å². The second-order valence-electron chi connectivity index (χ2n) is 18.6. The van der Waals surface area contributed by atoms with Gasteiger partial charge in [-0.1, -0.05) is 152 Å². The molecule has 0 radical (unpaired) electrons. The summed E-state index contributed by atoms with van der Waals surface area (Å²) in [6, 6.07) is 73.2. The number of para-hydroxylation sites is 6. The SMILES string of the molecule is Cc1cccc(C)c1B1N(c2cc(C(C)(C)C)ccn2)c2[c-]c(Oc3[c-]c(-n4[c-][n+](-c5cccc6c7ccccc7n(-c7ccccc7)c56)c5ccccc54)ccc3)ccc2N1c1ccccc1.[Pt]. The van der Waals surface area contributed by atoms with E-state index in [1.807, 2.05) is 24.4 Å². The molecule has 0 fully saturated rings. The number of aromatic nitrogens is 4. The van der Waals surface area contributed by atoms with Crippen LogP contribution in [0.5, 0.6) is 11.5 Å². The van der Waals surface area contributed by atoms with Crippen LogP contribution in [0, 0.1) is 32.3 Å². The first-order valence-electron chi connectivity index (χ1n) is 23.2. The Kier molecular flexibility index (Phi) is 11.1. The maximum absolute atomic E-state index is 6.80. The third kappa shape index (κ3) is 7.51. The van der Waals surface area contributed by atoms with E-state index < -0.39 is 0 Å². The van der Waals surface area contributed by atoms with Gasteiger partial charge in [0.2, 0.25) is 0 Å². The van der Waals surface area contributed by atoms with Crippen molar-refractivity contribution in [2.45, 2.75) is 40.0 Å². The molecule has 0 amide bonds. The molecule has 0 aliphatic carbocycles. The fraction of sp³-hybridized carbons (Fsp3) is 0.100. The van der Waals surface area contributed by atoms with Crippen LogP contribution in [0.3, 0.4) is 0 Å². The first-order valence-corrected chi connectivity index (χ1v) is 23.2. The standard InChI is InChI=1S/C60H47BN6O.Pt/c1-41-19-16-20-42(2)58(41)61-66(45-23-10-7-11-24-45)54-34-33-48(39-56(54)67(61)57-37-43(35-36-62-57)60(3,4)5)68-47-26-17-25-46(38-47)63-40-64(53-31-15-14-30-52(53)63)55-32-18-28-50-49-27-12-13-29-51(49)65(59(50)55)44-21-8-6-9-22-44;/h6-37H,1-5H3;/q-2;. The Morgan fingerprint density at radius 3 is 2.01 bits per heavy atom. The number of aryl methyl sites for hydroxylation is 2. The molecule has 0 saturated heterocycles. The number of rotatable bonds is 8. The first-order chi connectivity index (χ1) is 33.2. The molecule has 0 spiro atoms. The molecule has 0 unspecified atom stereocenters. The molecule has 0 saturated carbocycles. The molecule has 4 heterocycles. The van der Waals surface area contributed by atoms with Crippen LogP contribution in [0.25, 0.3) is 49.9 Å². The van der Waals surface area contributed by atoms with Gasteiger partial charge in [0, 0.05) is 60.9 Å². The van der Waals surface area contributed by atoms with Crippen molar-refractivity contribution >= 4 is 68.2 Å². The van der Waals surface area contributed by atoms with Gasteiger partial charge in [-0.05, 0) is 84.5 Å². The topological polar surface area (TPSA) is 42.3 Å². The van der Waals surface area contributed by atoms with Gasteiger partial charge in [0.15, 0.2) is 0 Å². The summed E-state index contributed by atoms with van der Waals surface area (Å²) in [5, 5.41) is 2.38. The summed E-state index contributed by atoms with van der Waals surface area (Å²) in [4.78, 5) is 9.81. The average Bonchev–Trinajstić information content (AvgIpc) is 4.03. The number of fused-ring (bicyclic) bond motifs is 5. The Morgan fingerprint density at radius 1 is 0.594 bits per heavy atom. The minimum atomic E-state index is -0.248. The number of ether oxygens (including phenoxy) is 1. The zero-order valence-electron chi connectivity index (χ0n) is 39.0. The molecule has 11 aromatic rings. The largest absolute Gasteiger partial charge is 0.510 e. The number of nitrogens with zero attached hydrogens (tertiary/aromatic N) is 6. The second kappa shape index (κ2) is 17.4.